The number of sulfonamides is 1. The van der Waals surface area contributed by atoms with Gasteiger partial charge in [0.25, 0.3) is 0 Å². The van der Waals surface area contributed by atoms with Crippen LogP contribution >= 0.6 is 0 Å². The molecule has 43 heavy (non-hydrogen) atoms. The molecule has 2 aromatic heterocycles. The van der Waals surface area contributed by atoms with E-state index in [1.54, 1.807) is 50.3 Å². The van der Waals surface area contributed by atoms with Crippen LogP contribution in [0.5, 0.6) is 11.5 Å². The Balaban J connectivity index is 1.70. The molecule has 0 aliphatic heterocycles. The molecule has 1 aliphatic carbocycles. The van der Waals surface area contributed by atoms with Gasteiger partial charge in [0.05, 0.1) is 17.3 Å². The van der Waals surface area contributed by atoms with Crippen molar-refractivity contribution in [1.82, 2.24) is 44.9 Å². The summed E-state index contributed by atoms with van der Waals surface area (Å²) in [6.07, 6.45) is 8.16. The van der Waals surface area contributed by atoms with Gasteiger partial charge in [0.15, 0.2) is 11.6 Å². The molecule has 15 nitrogen and oxygen atoms in total. The third kappa shape index (κ3) is 6.14. The van der Waals surface area contributed by atoms with E-state index in [9.17, 15) is 18.6 Å². The Morgan fingerprint density at radius 3 is 1.84 bits per heavy atom. The van der Waals surface area contributed by atoms with Crippen LogP contribution in [-0.2, 0) is 10.0 Å². The highest BCUT2D eigenvalue weighted by Crippen LogP contribution is 2.40. The first-order valence-electron chi connectivity index (χ1n) is 12.8. The van der Waals surface area contributed by atoms with Crippen molar-refractivity contribution in [2.75, 3.05) is 14.1 Å². The molecule has 0 spiro atoms. The van der Waals surface area contributed by atoms with Crippen LogP contribution in [0.1, 0.15) is 40.3 Å². The summed E-state index contributed by atoms with van der Waals surface area (Å²) < 4.78 is 27.2. The highest BCUT2D eigenvalue weighted by Gasteiger charge is 2.24. The van der Waals surface area contributed by atoms with Gasteiger partial charge in [-0.3, -0.25) is 0 Å². The molecule has 0 radical (unpaired) electrons. The summed E-state index contributed by atoms with van der Waals surface area (Å²) in [6, 6.07) is 9.65. The van der Waals surface area contributed by atoms with Crippen LogP contribution < -0.4 is 0 Å². The van der Waals surface area contributed by atoms with Crippen molar-refractivity contribution < 1.29 is 18.6 Å². The van der Waals surface area contributed by atoms with Gasteiger partial charge in [-0.15, -0.1) is 19.8 Å². The molecule has 0 saturated heterocycles. The maximum absolute atomic E-state index is 13.0. The molecule has 5 rings (SSSR count). The molecular weight excluding hydrogens is 574 g/mol. The lowest BCUT2D eigenvalue weighted by atomic mass is 9.87. The molecular formula is C27H27N11O4S. The molecule has 0 atom stereocenters. The predicted molar refractivity (Wildman–Crippen MR) is 158 cm³/mol. The normalized spacial score (nSPS) is 13.9. The molecule has 1 aliphatic rings. The summed E-state index contributed by atoms with van der Waals surface area (Å²) in [7, 11) is -0.881. The van der Waals surface area contributed by atoms with Crippen molar-refractivity contribution in [3.05, 3.63) is 99.0 Å². The highest BCUT2D eigenvalue weighted by molar-refractivity contribution is 7.93. The number of aromatic nitrogens is 8. The molecule has 0 saturated carbocycles. The molecule has 2 N–H and O–H groups in total. The van der Waals surface area contributed by atoms with Crippen LogP contribution in [0.4, 0.5) is 0 Å². The van der Waals surface area contributed by atoms with Gasteiger partial charge in [-0.1, -0.05) is 6.08 Å². The fourth-order valence-corrected chi connectivity index (χ4v) is 5.18. The van der Waals surface area contributed by atoms with E-state index < -0.39 is 10.0 Å². The van der Waals surface area contributed by atoms with E-state index in [0.717, 1.165) is 4.31 Å². The number of aryl methyl sites for hydroxylation is 2. The fourth-order valence-electron chi connectivity index (χ4n) is 4.20. The summed E-state index contributed by atoms with van der Waals surface area (Å²) in [6.45, 7) is 3.40. The number of hydrogen-bond acceptors (Lipinski definition) is 12. The lowest BCUT2D eigenvalue weighted by molar-refractivity contribution is 0.471. The SMILES string of the molecule is Cc1nnnn1N=Cc1ccc(O)c(C(=C2C=C(S(=O)(=O)N(C)C)C=CC2)c2cc(C=Nn3nnnc3C)ccc2O)c1. The molecule has 0 amide bonds. The van der Waals surface area contributed by atoms with Crippen LogP contribution in [0.3, 0.4) is 0 Å². The van der Waals surface area contributed by atoms with Crippen LogP contribution in [-0.4, -0.2) is 90.1 Å². The van der Waals surface area contributed by atoms with Crippen LogP contribution in [0.15, 0.2) is 75.3 Å². The Labute approximate surface area is 246 Å². The zero-order chi connectivity index (χ0) is 30.7. The van der Waals surface area contributed by atoms with Crippen molar-refractivity contribution >= 4 is 28.0 Å². The summed E-state index contributed by atoms with van der Waals surface area (Å²) in [5, 5.41) is 53.1. The van der Waals surface area contributed by atoms with Gasteiger partial charge in [-0.25, -0.2) is 12.7 Å². The van der Waals surface area contributed by atoms with Gasteiger partial charge < -0.3 is 10.2 Å². The Bertz CT molecular complexity index is 1850. The van der Waals surface area contributed by atoms with E-state index in [1.165, 1.54) is 54.3 Å². The first-order valence-corrected chi connectivity index (χ1v) is 14.3. The summed E-state index contributed by atoms with van der Waals surface area (Å²) in [5.41, 5.74) is 2.80. The number of allylic oxidation sites excluding steroid dienone is 4. The molecule has 16 heteroatoms. The van der Waals surface area contributed by atoms with Crippen LogP contribution in [0.2, 0.25) is 0 Å². The summed E-state index contributed by atoms with van der Waals surface area (Å²) in [4.78, 5) is 2.56. The van der Waals surface area contributed by atoms with Crippen molar-refractivity contribution in [3.63, 3.8) is 0 Å². The van der Waals surface area contributed by atoms with Crippen LogP contribution in [0.25, 0.3) is 5.57 Å². The fraction of sp³-hybridized carbons (Fsp3) is 0.185. The van der Waals surface area contributed by atoms with E-state index in [4.69, 9.17) is 0 Å². The minimum absolute atomic E-state index is 0.0639. The second kappa shape index (κ2) is 11.9. The third-order valence-corrected chi connectivity index (χ3v) is 8.27. The number of tetrazole rings is 2. The molecule has 0 unspecified atom stereocenters. The molecule has 220 valence electrons. The number of aromatic hydroxyl groups is 2. The smallest absolute Gasteiger partial charge is 0.242 e. The monoisotopic (exact) mass is 601 g/mol. The molecule has 2 heterocycles. The average Bonchev–Trinajstić information content (AvgIpc) is 3.60. The van der Waals surface area contributed by atoms with Gasteiger partial charge in [-0.05, 0) is 112 Å². The first kappa shape index (κ1) is 29.2. The van der Waals surface area contributed by atoms with E-state index in [-0.39, 0.29) is 16.4 Å². The second-order valence-corrected chi connectivity index (χ2v) is 11.8. The highest BCUT2D eigenvalue weighted by atomic mass is 32.2. The molecule has 0 bridgehead atoms. The summed E-state index contributed by atoms with van der Waals surface area (Å²) in [5.74, 6) is 0.765. The van der Waals surface area contributed by atoms with Gasteiger partial charge >= 0.3 is 0 Å². The zero-order valence-corrected chi connectivity index (χ0v) is 24.4. The second-order valence-electron chi connectivity index (χ2n) is 9.61. The van der Waals surface area contributed by atoms with E-state index in [1.807, 2.05) is 0 Å². The molecule has 2 aromatic carbocycles. The number of benzene rings is 2. The topological polar surface area (TPSA) is 190 Å². The Morgan fingerprint density at radius 2 is 1.40 bits per heavy atom. The maximum Gasteiger partial charge on any atom is 0.242 e. The maximum atomic E-state index is 13.0. The van der Waals surface area contributed by atoms with Gasteiger partial charge in [-0.2, -0.15) is 10.2 Å². The number of phenols is 2. The molecule has 0 fully saturated rings. The number of phenolic OH excluding ortho intramolecular Hbond substituents is 2. The lowest BCUT2D eigenvalue weighted by Crippen LogP contribution is -2.23. The number of nitrogens with zero attached hydrogens (tertiary/aromatic N) is 11. The number of rotatable bonds is 8. The van der Waals surface area contributed by atoms with E-state index in [0.29, 0.717) is 51.5 Å². The summed E-state index contributed by atoms with van der Waals surface area (Å²) >= 11 is 0. The van der Waals surface area contributed by atoms with Gasteiger partial charge in [0, 0.05) is 25.2 Å². The Hall–Kier alpha value is -5.35. The Kier molecular flexibility index (Phi) is 8.05. The minimum atomic E-state index is -3.78. The van der Waals surface area contributed by atoms with E-state index >= 15 is 0 Å². The lowest BCUT2D eigenvalue weighted by Gasteiger charge is -2.20. The largest absolute Gasteiger partial charge is 0.507 e. The third-order valence-electron chi connectivity index (χ3n) is 6.46. The average molecular weight is 602 g/mol. The van der Waals surface area contributed by atoms with Gasteiger partial charge in [0.2, 0.25) is 10.0 Å². The van der Waals surface area contributed by atoms with E-state index in [2.05, 4.69) is 41.3 Å². The zero-order valence-electron chi connectivity index (χ0n) is 23.6. The van der Waals surface area contributed by atoms with Crippen molar-refractivity contribution in [2.24, 2.45) is 10.2 Å². The van der Waals surface area contributed by atoms with Crippen LogP contribution in [0, 0.1) is 13.8 Å². The first-order chi connectivity index (χ1) is 20.5. The Morgan fingerprint density at radius 1 is 0.884 bits per heavy atom. The minimum Gasteiger partial charge on any atom is -0.507 e. The number of hydrogen-bond donors (Lipinski definition) is 2. The van der Waals surface area contributed by atoms with Crippen molar-refractivity contribution in [2.45, 2.75) is 20.3 Å². The molecule has 4 aromatic rings. The predicted octanol–water partition coefficient (Wildman–Crippen LogP) is 1.99. The van der Waals surface area contributed by atoms with Crippen molar-refractivity contribution in [1.29, 1.82) is 0 Å². The standard InChI is InChI=1S/C27H27N11O4S/c1-17-30-32-34-37(17)28-15-19-8-10-25(39)23(12-19)27(21-6-5-7-22(14-21)43(41,42)36(3)4)24-13-20(9-11-26(24)40)16-29-38-18(2)31-33-35-38/h5,7-16,39-40H,6H2,1-4H3. The van der Waals surface area contributed by atoms with Gasteiger partial charge in [0.1, 0.15) is 11.5 Å². The quantitative estimate of drug-likeness (QED) is 0.283. The van der Waals surface area contributed by atoms with Crippen molar-refractivity contribution in [3.8, 4) is 11.5 Å².